The standard InChI is InChI=1S/C19H18N6O2S/c1-2-25-12-16(15-4-3-10-21-18(15)25)17-9-11-22-19(24-17)23-13-5-7-14(8-6-13)28(20,26)27/h3-12H,2H2,1H3,(H2,20,26,27)(H,22,23,24). The highest BCUT2D eigenvalue weighted by atomic mass is 32.2. The van der Waals surface area contributed by atoms with E-state index in [2.05, 4.69) is 31.8 Å². The highest BCUT2D eigenvalue weighted by Crippen LogP contribution is 2.29. The third-order valence-corrected chi connectivity index (χ3v) is 5.27. The Balaban J connectivity index is 1.67. The topological polar surface area (TPSA) is 116 Å². The van der Waals surface area contributed by atoms with Crippen LogP contribution in [0, 0.1) is 0 Å². The van der Waals surface area contributed by atoms with E-state index in [1.54, 1.807) is 24.5 Å². The highest BCUT2D eigenvalue weighted by molar-refractivity contribution is 7.89. The summed E-state index contributed by atoms with van der Waals surface area (Å²) in [6.07, 6.45) is 5.48. The van der Waals surface area contributed by atoms with Crippen LogP contribution in [0.1, 0.15) is 6.92 Å². The van der Waals surface area contributed by atoms with Crippen molar-refractivity contribution in [2.45, 2.75) is 18.4 Å². The molecule has 0 atom stereocenters. The number of hydrogen-bond acceptors (Lipinski definition) is 6. The minimum absolute atomic E-state index is 0.0487. The number of rotatable bonds is 5. The van der Waals surface area contributed by atoms with Crippen molar-refractivity contribution in [1.29, 1.82) is 0 Å². The number of benzene rings is 1. The third kappa shape index (κ3) is 3.45. The van der Waals surface area contributed by atoms with Crippen molar-refractivity contribution in [1.82, 2.24) is 19.5 Å². The minimum atomic E-state index is -3.72. The first-order chi connectivity index (χ1) is 13.5. The summed E-state index contributed by atoms with van der Waals surface area (Å²) in [5.41, 5.74) is 3.30. The summed E-state index contributed by atoms with van der Waals surface area (Å²) in [6, 6.07) is 11.9. The van der Waals surface area contributed by atoms with Gasteiger partial charge in [0.2, 0.25) is 16.0 Å². The van der Waals surface area contributed by atoms with Crippen LogP contribution in [0.4, 0.5) is 11.6 Å². The average Bonchev–Trinajstić information content (AvgIpc) is 3.07. The lowest BCUT2D eigenvalue weighted by Crippen LogP contribution is -2.11. The molecule has 0 aliphatic rings. The van der Waals surface area contributed by atoms with Crippen LogP contribution in [0.3, 0.4) is 0 Å². The van der Waals surface area contributed by atoms with Gasteiger partial charge in [-0.2, -0.15) is 0 Å². The Kier molecular flexibility index (Phi) is 4.54. The zero-order chi connectivity index (χ0) is 19.7. The summed E-state index contributed by atoms with van der Waals surface area (Å²) >= 11 is 0. The first kappa shape index (κ1) is 18.1. The van der Waals surface area contributed by atoms with Gasteiger partial charge in [0.15, 0.2) is 0 Å². The third-order valence-electron chi connectivity index (χ3n) is 4.35. The van der Waals surface area contributed by atoms with E-state index in [1.807, 2.05) is 24.4 Å². The summed E-state index contributed by atoms with van der Waals surface area (Å²) in [4.78, 5) is 13.4. The number of aryl methyl sites for hydroxylation is 1. The second kappa shape index (κ2) is 7.02. The fraction of sp³-hybridized carbons (Fsp3) is 0.105. The Morgan fingerprint density at radius 1 is 1.07 bits per heavy atom. The summed E-state index contributed by atoms with van der Waals surface area (Å²) in [5.74, 6) is 0.405. The molecule has 1 aromatic carbocycles. The summed E-state index contributed by atoms with van der Waals surface area (Å²) < 4.78 is 24.8. The Labute approximate surface area is 162 Å². The fourth-order valence-corrected chi connectivity index (χ4v) is 3.51. The molecule has 142 valence electrons. The maximum Gasteiger partial charge on any atom is 0.238 e. The Hall–Kier alpha value is -3.30. The number of pyridine rings is 1. The molecule has 0 saturated carbocycles. The lowest BCUT2D eigenvalue weighted by Gasteiger charge is -2.07. The van der Waals surface area contributed by atoms with Gasteiger partial charge >= 0.3 is 0 Å². The fourth-order valence-electron chi connectivity index (χ4n) is 2.99. The molecule has 0 amide bonds. The lowest BCUT2D eigenvalue weighted by molar-refractivity contribution is 0.598. The Morgan fingerprint density at radius 3 is 2.57 bits per heavy atom. The second-order valence-corrected chi connectivity index (χ2v) is 7.72. The van der Waals surface area contributed by atoms with Crippen molar-refractivity contribution in [3.8, 4) is 11.3 Å². The Morgan fingerprint density at radius 2 is 1.86 bits per heavy atom. The molecular weight excluding hydrogens is 376 g/mol. The second-order valence-electron chi connectivity index (χ2n) is 6.16. The molecule has 8 nitrogen and oxygen atoms in total. The van der Waals surface area contributed by atoms with E-state index < -0.39 is 10.0 Å². The quantitative estimate of drug-likeness (QED) is 0.538. The number of nitrogens with two attached hydrogens (primary N) is 1. The molecule has 0 radical (unpaired) electrons. The molecular formula is C19H18N6O2S. The van der Waals surface area contributed by atoms with Crippen molar-refractivity contribution in [2.75, 3.05) is 5.32 Å². The molecule has 9 heteroatoms. The first-order valence-corrected chi connectivity index (χ1v) is 10.2. The first-order valence-electron chi connectivity index (χ1n) is 8.63. The number of fused-ring (bicyclic) bond motifs is 1. The van der Waals surface area contributed by atoms with Crippen molar-refractivity contribution in [3.63, 3.8) is 0 Å². The van der Waals surface area contributed by atoms with Crippen LogP contribution in [0.25, 0.3) is 22.3 Å². The zero-order valence-electron chi connectivity index (χ0n) is 15.1. The predicted octanol–water partition coefficient (Wildman–Crippen LogP) is 2.90. The molecule has 4 rings (SSSR count). The number of nitrogens with zero attached hydrogens (tertiary/aromatic N) is 4. The van der Waals surface area contributed by atoms with Crippen molar-refractivity contribution < 1.29 is 8.42 Å². The van der Waals surface area contributed by atoms with E-state index in [4.69, 9.17) is 5.14 Å². The van der Waals surface area contributed by atoms with E-state index >= 15 is 0 Å². The van der Waals surface area contributed by atoms with Gasteiger partial charge in [-0.25, -0.2) is 28.5 Å². The van der Waals surface area contributed by atoms with Gasteiger partial charge in [-0.05, 0) is 49.4 Å². The molecule has 0 fully saturated rings. The number of primary sulfonamides is 1. The van der Waals surface area contributed by atoms with E-state index in [9.17, 15) is 8.42 Å². The zero-order valence-corrected chi connectivity index (χ0v) is 15.9. The molecule has 0 saturated heterocycles. The molecule has 0 spiro atoms. The molecule has 3 aromatic heterocycles. The van der Waals surface area contributed by atoms with Crippen molar-refractivity contribution >= 4 is 32.7 Å². The van der Waals surface area contributed by atoms with Gasteiger partial charge in [0.25, 0.3) is 0 Å². The van der Waals surface area contributed by atoms with Gasteiger partial charge in [-0.1, -0.05) is 0 Å². The van der Waals surface area contributed by atoms with Crippen LogP contribution >= 0.6 is 0 Å². The molecule has 3 N–H and O–H groups in total. The largest absolute Gasteiger partial charge is 0.332 e. The number of sulfonamides is 1. The number of aromatic nitrogens is 4. The van der Waals surface area contributed by atoms with Gasteiger partial charge in [0, 0.05) is 41.8 Å². The van der Waals surface area contributed by atoms with Gasteiger partial charge < -0.3 is 9.88 Å². The molecule has 0 aliphatic heterocycles. The van der Waals surface area contributed by atoms with Crippen LogP contribution in [0.15, 0.2) is 66.0 Å². The SMILES string of the molecule is CCn1cc(-c2ccnc(Nc3ccc(S(N)(=O)=O)cc3)n2)c2cccnc21. The van der Waals surface area contributed by atoms with Gasteiger partial charge in [-0.15, -0.1) is 0 Å². The molecule has 28 heavy (non-hydrogen) atoms. The smallest absolute Gasteiger partial charge is 0.238 e. The van der Waals surface area contributed by atoms with E-state index in [0.29, 0.717) is 11.6 Å². The normalized spacial score (nSPS) is 11.6. The van der Waals surface area contributed by atoms with Crippen LogP contribution in [-0.2, 0) is 16.6 Å². The summed E-state index contributed by atoms with van der Waals surface area (Å²) in [5, 5.41) is 9.22. The van der Waals surface area contributed by atoms with Gasteiger partial charge in [0.05, 0.1) is 10.6 Å². The molecule has 4 aromatic rings. The number of anilines is 2. The number of nitrogens with one attached hydrogen (secondary N) is 1. The molecule has 0 aliphatic carbocycles. The van der Waals surface area contributed by atoms with Crippen LogP contribution < -0.4 is 10.5 Å². The lowest BCUT2D eigenvalue weighted by atomic mass is 10.1. The van der Waals surface area contributed by atoms with Crippen molar-refractivity contribution in [3.05, 3.63) is 61.1 Å². The minimum Gasteiger partial charge on any atom is -0.332 e. The summed E-state index contributed by atoms with van der Waals surface area (Å²) in [7, 11) is -3.72. The average molecular weight is 394 g/mol. The predicted molar refractivity (Wildman–Crippen MR) is 108 cm³/mol. The van der Waals surface area contributed by atoms with Gasteiger partial charge in [0.1, 0.15) is 5.65 Å². The van der Waals surface area contributed by atoms with Gasteiger partial charge in [-0.3, -0.25) is 0 Å². The monoisotopic (exact) mass is 394 g/mol. The highest BCUT2D eigenvalue weighted by Gasteiger charge is 2.12. The van der Waals surface area contributed by atoms with E-state index in [-0.39, 0.29) is 4.90 Å². The Bertz CT molecular complexity index is 1250. The molecule has 0 unspecified atom stereocenters. The molecule has 3 heterocycles. The molecule has 0 bridgehead atoms. The number of hydrogen-bond donors (Lipinski definition) is 2. The van der Waals surface area contributed by atoms with Crippen LogP contribution in [-0.4, -0.2) is 27.9 Å². The summed E-state index contributed by atoms with van der Waals surface area (Å²) in [6.45, 7) is 2.87. The van der Waals surface area contributed by atoms with Crippen molar-refractivity contribution in [2.24, 2.45) is 5.14 Å². The van der Waals surface area contributed by atoms with E-state index in [1.165, 1.54) is 12.1 Å². The maximum atomic E-state index is 11.4. The maximum absolute atomic E-state index is 11.4. The van der Waals surface area contributed by atoms with Crippen LogP contribution in [0.2, 0.25) is 0 Å². The van der Waals surface area contributed by atoms with E-state index in [0.717, 1.165) is 28.8 Å². The van der Waals surface area contributed by atoms with Crippen LogP contribution in [0.5, 0.6) is 0 Å².